The van der Waals surface area contributed by atoms with Crippen LogP contribution >= 0.6 is 0 Å². The highest BCUT2D eigenvalue weighted by Crippen LogP contribution is 2.29. The lowest BCUT2D eigenvalue weighted by atomic mass is 9.98. The minimum absolute atomic E-state index is 0.302. The highest BCUT2D eigenvalue weighted by atomic mass is 16.5. The van der Waals surface area contributed by atoms with Gasteiger partial charge in [0, 0.05) is 31.6 Å². The number of pyridine rings is 1. The number of methoxy groups -OCH3 is 1. The molecule has 1 aromatic carbocycles. The number of hydrogen-bond acceptors (Lipinski definition) is 4. The number of para-hydroxylation sites is 1. The lowest BCUT2D eigenvalue weighted by Crippen LogP contribution is -2.49. The van der Waals surface area contributed by atoms with E-state index in [1.54, 1.807) is 7.11 Å². The van der Waals surface area contributed by atoms with Crippen molar-refractivity contribution in [1.29, 1.82) is 0 Å². The number of ether oxygens (including phenoxy) is 1. The fourth-order valence-electron chi connectivity index (χ4n) is 3.23. The predicted molar refractivity (Wildman–Crippen MR) is 86.7 cm³/mol. The number of fused-ring (bicyclic) bond motifs is 1. The van der Waals surface area contributed by atoms with Crippen molar-refractivity contribution in [3.63, 3.8) is 0 Å². The number of aromatic nitrogens is 1. The van der Waals surface area contributed by atoms with Gasteiger partial charge >= 0.3 is 0 Å². The molecule has 0 saturated carbocycles. The molecule has 21 heavy (non-hydrogen) atoms. The molecule has 0 aliphatic carbocycles. The van der Waals surface area contributed by atoms with Gasteiger partial charge in [-0.25, -0.2) is 4.98 Å². The number of piperidine rings is 1. The van der Waals surface area contributed by atoms with Crippen LogP contribution in [0.5, 0.6) is 0 Å². The van der Waals surface area contributed by atoms with E-state index in [0.29, 0.717) is 18.7 Å². The molecule has 2 heterocycles. The molecule has 2 aromatic rings. The highest BCUT2D eigenvalue weighted by Gasteiger charge is 2.29. The Morgan fingerprint density at radius 1 is 1.38 bits per heavy atom. The van der Waals surface area contributed by atoms with Crippen LogP contribution in [-0.2, 0) is 4.74 Å². The standard InChI is InChI=1S/C17H23N3O/c1-12-9-13-5-3-4-6-16(13)19-17(12)20-8-7-15(21-2)10-14(20)11-18/h3-6,9,14-15H,7-8,10-11,18H2,1-2H3. The fraction of sp³-hybridized carbons (Fsp3) is 0.471. The lowest BCUT2D eigenvalue weighted by Gasteiger charge is -2.40. The van der Waals surface area contributed by atoms with Crippen LogP contribution in [0.2, 0.25) is 0 Å². The van der Waals surface area contributed by atoms with E-state index in [-0.39, 0.29) is 0 Å². The summed E-state index contributed by atoms with van der Waals surface area (Å²) in [5.74, 6) is 1.07. The van der Waals surface area contributed by atoms with Crippen LogP contribution in [0.3, 0.4) is 0 Å². The number of nitrogens with zero attached hydrogens (tertiary/aromatic N) is 2. The molecular weight excluding hydrogens is 262 g/mol. The molecule has 0 spiro atoms. The molecule has 0 bridgehead atoms. The van der Waals surface area contributed by atoms with Crippen LogP contribution in [0.4, 0.5) is 5.82 Å². The molecular formula is C17H23N3O. The minimum Gasteiger partial charge on any atom is -0.381 e. The Labute approximate surface area is 125 Å². The summed E-state index contributed by atoms with van der Waals surface area (Å²) < 4.78 is 5.51. The molecule has 1 aliphatic rings. The zero-order chi connectivity index (χ0) is 14.8. The van der Waals surface area contributed by atoms with Crippen molar-refractivity contribution in [3.8, 4) is 0 Å². The van der Waals surface area contributed by atoms with Crippen LogP contribution in [0, 0.1) is 6.92 Å². The summed E-state index contributed by atoms with van der Waals surface area (Å²) in [6.07, 6.45) is 2.32. The first-order valence-electron chi connectivity index (χ1n) is 7.59. The van der Waals surface area contributed by atoms with Gasteiger partial charge in [-0.15, -0.1) is 0 Å². The maximum atomic E-state index is 5.99. The molecule has 1 fully saturated rings. The molecule has 4 heteroatoms. The van der Waals surface area contributed by atoms with Crippen molar-refractivity contribution in [1.82, 2.24) is 4.98 Å². The van der Waals surface area contributed by atoms with Gasteiger partial charge in [-0.3, -0.25) is 0 Å². The predicted octanol–water partition coefficient (Wildman–Crippen LogP) is 2.49. The van der Waals surface area contributed by atoms with Crippen molar-refractivity contribution in [3.05, 3.63) is 35.9 Å². The monoisotopic (exact) mass is 285 g/mol. The largest absolute Gasteiger partial charge is 0.381 e. The number of hydrogen-bond donors (Lipinski definition) is 1. The van der Waals surface area contributed by atoms with Gasteiger partial charge in [-0.2, -0.15) is 0 Å². The highest BCUT2D eigenvalue weighted by molar-refractivity contribution is 5.81. The van der Waals surface area contributed by atoms with Gasteiger partial charge in [-0.1, -0.05) is 18.2 Å². The Morgan fingerprint density at radius 2 is 2.19 bits per heavy atom. The van der Waals surface area contributed by atoms with Gasteiger partial charge in [-0.05, 0) is 37.5 Å². The Kier molecular flexibility index (Phi) is 4.08. The maximum Gasteiger partial charge on any atom is 0.132 e. The van der Waals surface area contributed by atoms with Gasteiger partial charge in [0.25, 0.3) is 0 Å². The Balaban J connectivity index is 1.97. The lowest BCUT2D eigenvalue weighted by molar-refractivity contribution is 0.0708. The van der Waals surface area contributed by atoms with Gasteiger partial charge in [0.1, 0.15) is 5.82 Å². The van der Waals surface area contributed by atoms with E-state index in [1.807, 2.05) is 6.07 Å². The van der Waals surface area contributed by atoms with E-state index < -0.39 is 0 Å². The van der Waals surface area contributed by atoms with Crippen molar-refractivity contribution >= 4 is 16.7 Å². The van der Waals surface area contributed by atoms with Gasteiger partial charge < -0.3 is 15.4 Å². The molecule has 112 valence electrons. The summed E-state index contributed by atoms with van der Waals surface area (Å²) in [7, 11) is 1.79. The average molecular weight is 285 g/mol. The number of anilines is 1. The molecule has 1 aliphatic heterocycles. The second-order valence-electron chi connectivity index (χ2n) is 5.79. The van der Waals surface area contributed by atoms with Gasteiger partial charge in [0.05, 0.1) is 11.6 Å². The van der Waals surface area contributed by atoms with Crippen molar-refractivity contribution in [2.24, 2.45) is 5.73 Å². The third-order valence-corrected chi connectivity index (χ3v) is 4.43. The SMILES string of the molecule is COC1CCN(c2nc3ccccc3cc2C)C(CN)C1. The van der Waals surface area contributed by atoms with Gasteiger partial charge in [0.15, 0.2) is 0 Å². The summed E-state index contributed by atoms with van der Waals surface area (Å²) in [5, 5.41) is 1.19. The fourth-order valence-corrected chi connectivity index (χ4v) is 3.23. The molecule has 1 aromatic heterocycles. The van der Waals surface area contributed by atoms with Crippen LogP contribution in [0.25, 0.3) is 10.9 Å². The summed E-state index contributed by atoms with van der Waals surface area (Å²) in [6, 6.07) is 10.8. The molecule has 4 nitrogen and oxygen atoms in total. The minimum atomic E-state index is 0.302. The third-order valence-electron chi connectivity index (χ3n) is 4.43. The first-order chi connectivity index (χ1) is 10.2. The molecule has 2 atom stereocenters. The summed E-state index contributed by atoms with van der Waals surface area (Å²) >= 11 is 0. The first kappa shape index (κ1) is 14.3. The Bertz CT molecular complexity index is 628. The third kappa shape index (κ3) is 2.74. The molecule has 2 N–H and O–H groups in total. The summed E-state index contributed by atoms with van der Waals surface area (Å²) in [4.78, 5) is 7.24. The number of rotatable bonds is 3. The van der Waals surface area contributed by atoms with E-state index in [2.05, 4.69) is 36.1 Å². The van der Waals surface area contributed by atoms with Crippen molar-refractivity contribution in [2.45, 2.75) is 31.9 Å². The topological polar surface area (TPSA) is 51.4 Å². The van der Waals surface area contributed by atoms with Crippen LogP contribution in [0.1, 0.15) is 18.4 Å². The Morgan fingerprint density at radius 3 is 2.95 bits per heavy atom. The molecule has 2 unspecified atom stereocenters. The van der Waals surface area contributed by atoms with Crippen LogP contribution in [-0.4, -0.2) is 37.3 Å². The zero-order valence-corrected chi connectivity index (χ0v) is 12.7. The van der Waals surface area contributed by atoms with E-state index in [4.69, 9.17) is 15.5 Å². The summed E-state index contributed by atoms with van der Waals surface area (Å²) in [5.41, 5.74) is 8.24. The number of aryl methyl sites for hydroxylation is 1. The second kappa shape index (κ2) is 6.00. The number of nitrogens with two attached hydrogens (primary N) is 1. The summed E-state index contributed by atoms with van der Waals surface area (Å²) in [6.45, 7) is 3.71. The molecule has 0 radical (unpaired) electrons. The van der Waals surface area contributed by atoms with Gasteiger partial charge in [0.2, 0.25) is 0 Å². The van der Waals surface area contributed by atoms with E-state index in [0.717, 1.165) is 30.7 Å². The second-order valence-corrected chi connectivity index (χ2v) is 5.79. The molecule has 1 saturated heterocycles. The van der Waals surface area contributed by atoms with Crippen molar-refractivity contribution < 1.29 is 4.74 Å². The van der Waals surface area contributed by atoms with E-state index >= 15 is 0 Å². The molecule has 0 amide bonds. The smallest absolute Gasteiger partial charge is 0.132 e. The van der Waals surface area contributed by atoms with E-state index in [1.165, 1.54) is 10.9 Å². The van der Waals surface area contributed by atoms with Crippen LogP contribution in [0.15, 0.2) is 30.3 Å². The van der Waals surface area contributed by atoms with Crippen molar-refractivity contribution in [2.75, 3.05) is 25.1 Å². The van der Waals surface area contributed by atoms with Crippen LogP contribution < -0.4 is 10.6 Å². The zero-order valence-electron chi connectivity index (χ0n) is 12.7. The quantitative estimate of drug-likeness (QED) is 0.941. The number of benzene rings is 1. The Hall–Kier alpha value is -1.65. The first-order valence-corrected chi connectivity index (χ1v) is 7.59. The average Bonchev–Trinajstić information content (AvgIpc) is 2.53. The normalized spacial score (nSPS) is 22.7. The molecule has 3 rings (SSSR count). The maximum absolute atomic E-state index is 5.99. The van der Waals surface area contributed by atoms with E-state index in [9.17, 15) is 0 Å².